The van der Waals surface area contributed by atoms with E-state index in [0.29, 0.717) is 6.54 Å². The summed E-state index contributed by atoms with van der Waals surface area (Å²) in [4.78, 5) is 6.84. The van der Waals surface area contributed by atoms with Crippen molar-refractivity contribution in [1.29, 1.82) is 0 Å². The van der Waals surface area contributed by atoms with Crippen LogP contribution < -0.4 is 15.5 Å². The Morgan fingerprint density at radius 2 is 1.79 bits per heavy atom. The Balaban J connectivity index is 0.00000392. The second-order valence-electron chi connectivity index (χ2n) is 6.67. The van der Waals surface area contributed by atoms with E-state index in [2.05, 4.69) is 79.8 Å². The Kier molecular flexibility index (Phi) is 11.0. The van der Waals surface area contributed by atoms with Gasteiger partial charge in [0.1, 0.15) is 5.76 Å². The number of anilines is 1. The molecule has 0 radical (unpaired) electrons. The molecule has 0 aliphatic rings. The zero-order valence-corrected chi connectivity index (χ0v) is 20.0. The fourth-order valence-corrected chi connectivity index (χ4v) is 2.90. The van der Waals surface area contributed by atoms with Crippen LogP contribution in [-0.2, 0) is 25.8 Å². The smallest absolute Gasteiger partial charge is 0.191 e. The van der Waals surface area contributed by atoms with Crippen LogP contribution in [0, 0.1) is 0 Å². The van der Waals surface area contributed by atoms with Gasteiger partial charge in [-0.2, -0.15) is 0 Å². The third-order valence-corrected chi connectivity index (χ3v) is 4.51. The van der Waals surface area contributed by atoms with Gasteiger partial charge in [0.2, 0.25) is 0 Å². The van der Waals surface area contributed by atoms with Crippen LogP contribution in [0.5, 0.6) is 0 Å². The van der Waals surface area contributed by atoms with Crippen molar-refractivity contribution in [2.45, 2.75) is 46.6 Å². The van der Waals surface area contributed by atoms with Crippen LogP contribution >= 0.6 is 24.0 Å². The van der Waals surface area contributed by atoms with Gasteiger partial charge < -0.3 is 20.1 Å². The molecule has 0 bridgehead atoms. The molecule has 2 N–H and O–H groups in total. The van der Waals surface area contributed by atoms with E-state index in [1.165, 1.54) is 11.3 Å². The Bertz CT molecular complexity index is 703. The zero-order chi connectivity index (χ0) is 19.6. The molecular weight excluding hydrogens is 465 g/mol. The zero-order valence-electron chi connectivity index (χ0n) is 17.7. The predicted octanol–water partition coefficient (Wildman–Crippen LogP) is 3.78. The van der Waals surface area contributed by atoms with Gasteiger partial charge in [-0.15, -0.1) is 24.0 Å². The summed E-state index contributed by atoms with van der Waals surface area (Å²) in [5.41, 5.74) is 4.65. The normalized spacial score (nSPS) is 11.1. The van der Waals surface area contributed by atoms with Crippen molar-refractivity contribution >= 4 is 35.6 Å². The number of aliphatic imine (C=N–C) groups is 1. The van der Waals surface area contributed by atoms with Gasteiger partial charge in [0.15, 0.2) is 5.96 Å². The number of guanidine groups is 1. The number of hydrogen-bond acceptors (Lipinski definition) is 4. The average Bonchev–Trinajstić information content (AvgIpc) is 3.08. The number of nitrogens with one attached hydrogen (secondary N) is 2. The van der Waals surface area contributed by atoms with Crippen molar-refractivity contribution in [1.82, 2.24) is 15.8 Å². The molecule has 2 aromatic rings. The molecule has 0 aliphatic carbocycles. The van der Waals surface area contributed by atoms with E-state index >= 15 is 0 Å². The van der Waals surface area contributed by atoms with Gasteiger partial charge in [0.25, 0.3) is 0 Å². The maximum absolute atomic E-state index is 5.43. The molecule has 0 aliphatic heterocycles. The lowest BCUT2D eigenvalue weighted by molar-refractivity contribution is 0.380. The van der Waals surface area contributed by atoms with Crippen LogP contribution in [-0.4, -0.2) is 38.3 Å². The van der Waals surface area contributed by atoms with E-state index in [0.717, 1.165) is 55.3 Å². The molecule has 2 rings (SSSR count). The molecule has 156 valence electrons. The fraction of sp³-hybridized carbons (Fsp3) is 0.524. The van der Waals surface area contributed by atoms with Gasteiger partial charge >= 0.3 is 0 Å². The van der Waals surface area contributed by atoms with Crippen molar-refractivity contribution in [3.8, 4) is 0 Å². The molecule has 1 aromatic carbocycles. The van der Waals surface area contributed by atoms with E-state index in [1.54, 1.807) is 0 Å². The van der Waals surface area contributed by atoms with Gasteiger partial charge in [0.05, 0.1) is 12.2 Å². The van der Waals surface area contributed by atoms with Crippen LogP contribution in [0.1, 0.15) is 43.4 Å². The molecule has 7 heteroatoms. The number of aryl methyl sites for hydroxylation is 2. The highest BCUT2D eigenvalue weighted by molar-refractivity contribution is 14.0. The lowest BCUT2D eigenvalue weighted by Crippen LogP contribution is -2.38. The van der Waals surface area contributed by atoms with Crippen LogP contribution in [0.15, 0.2) is 33.8 Å². The van der Waals surface area contributed by atoms with Crippen molar-refractivity contribution < 1.29 is 4.52 Å². The molecule has 0 amide bonds. The largest absolute Gasteiger partial charge is 0.378 e. The first-order valence-electron chi connectivity index (χ1n) is 9.83. The van der Waals surface area contributed by atoms with E-state index in [1.807, 2.05) is 0 Å². The van der Waals surface area contributed by atoms with Crippen LogP contribution in [0.25, 0.3) is 0 Å². The monoisotopic (exact) mass is 499 g/mol. The first-order chi connectivity index (χ1) is 13.1. The summed E-state index contributed by atoms with van der Waals surface area (Å²) >= 11 is 0. The summed E-state index contributed by atoms with van der Waals surface area (Å²) in [5, 5.41) is 10.9. The number of halogens is 1. The SMILES string of the molecule is CCNC(=NCc1c(CC)noc1CC)NCCc1ccc(N(C)C)cc1.I. The maximum Gasteiger partial charge on any atom is 0.191 e. The van der Waals surface area contributed by atoms with Crippen LogP contribution in [0.4, 0.5) is 5.69 Å². The van der Waals surface area contributed by atoms with Crippen molar-refractivity contribution in [2.24, 2.45) is 4.99 Å². The first-order valence-corrected chi connectivity index (χ1v) is 9.83. The Hall–Kier alpha value is -1.77. The van der Waals surface area contributed by atoms with Crippen molar-refractivity contribution in [2.75, 3.05) is 32.1 Å². The summed E-state index contributed by atoms with van der Waals surface area (Å²) < 4.78 is 5.43. The second kappa shape index (κ2) is 12.6. The third-order valence-electron chi connectivity index (χ3n) is 4.51. The molecule has 0 fully saturated rings. The van der Waals surface area contributed by atoms with Gasteiger partial charge in [-0.1, -0.05) is 31.1 Å². The minimum atomic E-state index is 0. The van der Waals surface area contributed by atoms with Crippen LogP contribution in [0.2, 0.25) is 0 Å². The van der Waals surface area contributed by atoms with Gasteiger partial charge in [-0.3, -0.25) is 0 Å². The number of nitrogens with zero attached hydrogens (tertiary/aromatic N) is 3. The summed E-state index contributed by atoms with van der Waals surface area (Å²) in [5.74, 6) is 1.76. The summed E-state index contributed by atoms with van der Waals surface area (Å²) in [6.07, 6.45) is 2.65. The lowest BCUT2D eigenvalue weighted by atomic mass is 10.1. The Labute approximate surface area is 186 Å². The van der Waals surface area contributed by atoms with Gasteiger partial charge in [-0.25, -0.2) is 4.99 Å². The standard InChI is InChI=1S/C21H33N5O.HI/c1-6-19-18(20(7-2)27-25-19)15-24-21(22-8-3)23-14-13-16-9-11-17(12-10-16)26(4)5;/h9-12H,6-8,13-15H2,1-5H3,(H2,22,23,24);1H. The second-order valence-corrected chi connectivity index (χ2v) is 6.67. The third kappa shape index (κ3) is 7.00. The van der Waals surface area contributed by atoms with Crippen molar-refractivity contribution in [3.05, 3.63) is 46.8 Å². The molecule has 0 saturated heterocycles. The first kappa shape index (κ1) is 24.3. The predicted molar refractivity (Wildman–Crippen MR) is 128 cm³/mol. The minimum absolute atomic E-state index is 0. The molecule has 28 heavy (non-hydrogen) atoms. The fourth-order valence-electron chi connectivity index (χ4n) is 2.90. The number of rotatable bonds is 9. The van der Waals surface area contributed by atoms with E-state index in [-0.39, 0.29) is 24.0 Å². The van der Waals surface area contributed by atoms with E-state index in [9.17, 15) is 0 Å². The summed E-state index contributed by atoms with van der Waals surface area (Å²) in [6.45, 7) is 8.49. The van der Waals surface area contributed by atoms with Gasteiger partial charge in [-0.05, 0) is 37.5 Å². The molecule has 0 spiro atoms. The molecular formula is C21H34IN5O. The minimum Gasteiger partial charge on any atom is -0.378 e. The van der Waals surface area contributed by atoms with E-state index in [4.69, 9.17) is 9.52 Å². The highest BCUT2D eigenvalue weighted by Gasteiger charge is 2.13. The molecule has 6 nitrogen and oxygen atoms in total. The lowest BCUT2D eigenvalue weighted by Gasteiger charge is -2.14. The number of hydrogen-bond donors (Lipinski definition) is 2. The molecule has 0 saturated carbocycles. The summed E-state index contributed by atoms with van der Waals surface area (Å²) in [7, 11) is 4.11. The maximum atomic E-state index is 5.43. The number of benzene rings is 1. The average molecular weight is 499 g/mol. The topological polar surface area (TPSA) is 65.7 Å². The molecule has 0 atom stereocenters. The van der Waals surface area contributed by atoms with Crippen LogP contribution in [0.3, 0.4) is 0 Å². The molecule has 0 unspecified atom stereocenters. The number of aromatic nitrogens is 1. The quantitative estimate of drug-likeness (QED) is 0.313. The Morgan fingerprint density at radius 1 is 1.07 bits per heavy atom. The molecule has 1 heterocycles. The van der Waals surface area contributed by atoms with E-state index < -0.39 is 0 Å². The highest BCUT2D eigenvalue weighted by atomic mass is 127. The molecule has 1 aromatic heterocycles. The van der Waals surface area contributed by atoms with Gasteiger partial charge in [0, 0.05) is 44.9 Å². The Morgan fingerprint density at radius 3 is 2.36 bits per heavy atom. The highest BCUT2D eigenvalue weighted by Crippen LogP contribution is 2.17. The summed E-state index contributed by atoms with van der Waals surface area (Å²) in [6, 6.07) is 8.66. The van der Waals surface area contributed by atoms with Crippen molar-refractivity contribution in [3.63, 3.8) is 0 Å².